The van der Waals surface area contributed by atoms with Crippen LogP contribution in [0.4, 0.5) is 0 Å². The van der Waals surface area contributed by atoms with Gasteiger partial charge in [-0.2, -0.15) is 12.6 Å². The SMILES string of the molecule is CC(O)C(N)C(=O)NC(CCC(N)=O)C(=O)NC(CS)C(=O)NC(CCC(N)=O)C(=O)O. The summed E-state index contributed by atoms with van der Waals surface area (Å²) < 4.78 is 0. The molecule has 0 aromatic heterocycles. The smallest absolute Gasteiger partial charge is 0.326 e. The number of nitrogens with two attached hydrogens (primary N) is 3. The number of aliphatic hydroxyl groups is 1. The van der Waals surface area contributed by atoms with E-state index in [1.54, 1.807) is 0 Å². The van der Waals surface area contributed by atoms with Gasteiger partial charge in [0, 0.05) is 18.6 Å². The van der Waals surface area contributed by atoms with E-state index in [9.17, 15) is 39.0 Å². The Morgan fingerprint density at radius 2 is 1.22 bits per heavy atom. The molecule has 5 unspecified atom stereocenters. The van der Waals surface area contributed by atoms with Crippen LogP contribution in [-0.4, -0.2) is 81.7 Å². The Labute approximate surface area is 189 Å². The molecule has 0 aromatic rings. The van der Waals surface area contributed by atoms with Crippen molar-refractivity contribution in [3.05, 3.63) is 0 Å². The Morgan fingerprint density at radius 3 is 1.62 bits per heavy atom. The standard InChI is InChI=1S/C17H30N6O8S/c1-7(24)13(20)16(29)21-8(2-4-11(18)25)14(27)23-10(6-32)15(28)22-9(17(30)31)3-5-12(19)26/h7-10,13,24,32H,2-6,20H2,1H3,(H2,18,25)(H2,19,26)(H,21,29)(H,22,28)(H,23,27)(H,30,31). The van der Waals surface area contributed by atoms with Crippen molar-refractivity contribution in [2.45, 2.75) is 62.9 Å². The monoisotopic (exact) mass is 478 g/mol. The lowest BCUT2D eigenvalue weighted by Crippen LogP contribution is -2.58. The van der Waals surface area contributed by atoms with Crippen molar-refractivity contribution in [2.24, 2.45) is 17.2 Å². The number of hydrogen-bond acceptors (Lipinski definition) is 9. The lowest BCUT2D eigenvalue weighted by atomic mass is 10.1. The summed E-state index contributed by atoms with van der Waals surface area (Å²) in [5.74, 6) is -5.85. The van der Waals surface area contributed by atoms with E-state index in [1.165, 1.54) is 6.92 Å². The quantitative estimate of drug-likeness (QED) is 0.103. The minimum absolute atomic E-state index is 0.225. The Hall–Kier alpha value is -2.91. The summed E-state index contributed by atoms with van der Waals surface area (Å²) in [5.41, 5.74) is 15.6. The Kier molecular flexibility index (Phi) is 12.9. The number of thiol groups is 1. The van der Waals surface area contributed by atoms with Crippen LogP contribution in [0.15, 0.2) is 0 Å². The van der Waals surface area contributed by atoms with Gasteiger partial charge in [0.15, 0.2) is 0 Å². The molecule has 0 saturated heterocycles. The van der Waals surface area contributed by atoms with Crippen LogP contribution in [-0.2, 0) is 28.8 Å². The van der Waals surface area contributed by atoms with Gasteiger partial charge in [-0.05, 0) is 19.8 Å². The van der Waals surface area contributed by atoms with Crippen molar-refractivity contribution in [3.8, 4) is 0 Å². The summed E-state index contributed by atoms with van der Waals surface area (Å²) in [7, 11) is 0. The lowest BCUT2D eigenvalue weighted by Gasteiger charge is -2.24. The molecule has 0 aromatic carbocycles. The molecule has 0 heterocycles. The van der Waals surface area contributed by atoms with Gasteiger partial charge < -0.3 is 43.4 Å². The summed E-state index contributed by atoms with van der Waals surface area (Å²) in [5, 5.41) is 25.3. The molecule has 14 nitrogen and oxygen atoms in total. The van der Waals surface area contributed by atoms with Gasteiger partial charge in [0.25, 0.3) is 0 Å². The number of carbonyl (C=O) groups is 6. The van der Waals surface area contributed by atoms with Crippen molar-refractivity contribution in [3.63, 3.8) is 0 Å². The summed E-state index contributed by atoms with van der Waals surface area (Å²) >= 11 is 3.96. The zero-order chi connectivity index (χ0) is 25.0. The van der Waals surface area contributed by atoms with Crippen LogP contribution in [0.25, 0.3) is 0 Å². The molecule has 5 atom stereocenters. The van der Waals surface area contributed by atoms with E-state index in [1.807, 2.05) is 0 Å². The summed E-state index contributed by atoms with van der Waals surface area (Å²) in [6, 6.07) is -5.45. The highest BCUT2D eigenvalue weighted by molar-refractivity contribution is 7.80. The highest BCUT2D eigenvalue weighted by Crippen LogP contribution is 2.03. The average Bonchev–Trinajstić information content (AvgIpc) is 2.70. The molecular formula is C17H30N6O8S. The molecule has 11 N–H and O–H groups in total. The highest BCUT2D eigenvalue weighted by Gasteiger charge is 2.30. The second-order valence-corrected chi connectivity index (χ2v) is 7.35. The topological polar surface area (TPSA) is 257 Å². The molecule has 0 rings (SSSR count). The van der Waals surface area contributed by atoms with E-state index in [4.69, 9.17) is 17.2 Å². The molecule has 0 bridgehead atoms. The highest BCUT2D eigenvalue weighted by atomic mass is 32.1. The predicted molar refractivity (Wildman–Crippen MR) is 114 cm³/mol. The van der Waals surface area contributed by atoms with Crippen LogP contribution >= 0.6 is 12.6 Å². The van der Waals surface area contributed by atoms with Gasteiger partial charge >= 0.3 is 5.97 Å². The molecule has 32 heavy (non-hydrogen) atoms. The third-order valence-electron chi connectivity index (χ3n) is 4.24. The van der Waals surface area contributed by atoms with Gasteiger partial charge in [0.2, 0.25) is 29.5 Å². The van der Waals surface area contributed by atoms with Gasteiger partial charge in [-0.1, -0.05) is 0 Å². The number of aliphatic carboxylic acids is 1. The second-order valence-electron chi connectivity index (χ2n) is 6.98. The van der Waals surface area contributed by atoms with Gasteiger partial charge in [-0.25, -0.2) is 4.79 Å². The number of rotatable bonds is 15. The molecular weight excluding hydrogens is 448 g/mol. The minimum Gasteiger partial charge on any atom is -0.480 e. The maximum absolute atomic E-state index is 12.6. The van der Waals surface area contributed by atoms with Gasteiger partial charge in [-0.3, -0.25) is 24.0 Å². The first kappa shape index (κ1) is 29.1. The maximum Gasteiger partial charge on any atom is 0.326 e. The average molecular weight is 479 g/mol. The molecule has 0 radical (unpaired) electrons. The first-order chi connectivity index (χ1) is 14.8. The molecule has 0 aliphatic carbocycles. The number of amides is 5. The van der Waals surface area contributed by atoms with Crippen LogP contribution in [0.2, 0.25) is 0 Å². The van der Waals surface area contributed by atoms with Crippen molar-refractivity contribution in [1.29, 1.82) is 0 Å². The summed E-state index contributed by atoms with van der Waals surface area (Å²) in [4.78, 5) is 70.3. The molecule has 182 valence electrons. The Bertz CT molecular complexity index is 719. The van der Waals surface area contributed by atoms with Crippen molar-refractivity contribution >= 4 is 48.1 Å². The van der Waals surface area contributed by atoms with Crippen molar-refractivity contribution < 1.29 is 39.0 Å². The van der Waals surface area contributed by atoms with Gasteiger partial charge in [-0.15, -0.1) is 0 Å². The molecule has 15 heteroatoms. The largest absolute Gasteiger partial charge is 0.480 e. The molecule has 0 fully saturated rings. The van der Waals surface area contributed by atoms with Gasteiger partial charge in [0.1, 0.15) is 24.2 Å². The number of aliphatic hydroxyl groups excluding tert-OH is 1. The normalized spacial score (nSPS) is 15.4. The fourth-order valence-electron chi connectivity index (χ4n) is 2.33. The third-order valence-corrected chi connectivity index (χ3v) is 4.61. The first-order valence-corrected chi connectivity index (χ1v) is 10.2. The Balaban J connectivity index is 5.30. The van der Waals surface area contributed by atoms with Crippen LogP contribution in [0.3, 0.4) is 0 Å². The molecule has 5 amide bonds. The fourth-order valence-corrected chi connectivity index (χ4v) is 2.58. The first-order valence-electron chi connectivity index (χ1n) is 9.55. The zero-order valence-electron chi connectivity index (χ0n) is 17.4. The van der Waals surface area contributed by atoms with Crippen LogP contribution in [0.1, 0.15) is 32.6 Å². The van der Waals surface area contributed by atoms with Gasteiger partial charge in [0.05, 0.1) is 6.10 Å². The fraction of sp³-hybridized carbons (Fsp3) is 0.647. The van der Waals surface area contributed by atoms with Crippen LogP contribution in [0, 0.1) is 0 Å². The van der Waals surface area contributed by atoms with E-state index >= 15 is 0 Å². The van der Waals surface area contributed by atoms with E-state index in [0.29, 0.717) is 0 Å². The number of carboxylic acids is 1. The van der Waals surface area contributed by atoms with Crippen molar-refractivity contribution in [1.82, 2.24) is 16.0 Å². The van der Waals surface area contributed by atoms with E-state index < -0.39 is 65.8 Å². The lowest BCUT2D eigenvalue weighted by molar-refractivity contribution is -0.142. The van der Waals surface area contributed by atoms with Crippen molar-refractivity contribution in [2.75, 3.05) is 5.75 Å². The molecule has 0 aliphatic heterocycles. The van der Waals surface area contributed by atoms with Crippen LogP contribution in [0.5, 0.6) is 0 Å². The zero-order valence-corrected chi connectivity index (χ0v) is 18.3. The predicted octanol–water partition coefficient (Wildman–Crippen LogP) is -4.31. The number of carbonyl (C=O) groups excluding carboxylic acids is 5. The van der Waals surface area contributed by atoms with E-state index in [2.05, 4.69) is 28.6 Å². The summed E-state index contributed by atoms with van der Waals surface area (Å²) in [6.45, 7) is 1.26. The number of hydrogen-bond donors (Lipinski definition) is 9. The maximum atomic E-state index is 12.6. The molecule has 0 spiro atoms. The number of carboxylic acid groups (broad SMARTS) is 1. The van der Waals surface area contributed by atoms with E-state index in [0.717, 1.165) is 0 Å². The molecule has 0 saturated carbocycles. The van der Waals surface area contributed by atoms with E-state index in [-0.39, 0.29) is 31.4 Å². The minimum atomic E-state index is -1.44. The number of primary amides is 2. The summed E-state index contributed by atoms with van der Waals surface area (Å²) in [6.07, 6.45) is -2.29. The molecule has 0 aliphatic rings. The number of nitrogens with one attached hydrogen (secondary N) is 3. The third kappa shape index (κ3) is 10.9. The second kappa shape index (κ2) is 14.2. The Morgan fingerprint density at radius 1 is 0.812 bits per heavy atom. The van der Waals surface area contributed by atoms with Crippen LogP contribution < -0.4 is 33.2 Å².